The molecular weight excluding hydrogens is 331 g/mol. The molecule has 1 rings (SSSR count). The van der Waals surface area contributed by atoms with E-state index < -0.39 is 32.6 Å². The van der Waals surface area contributed by atoms with Gasteiger partial charge in [-0.1, -0.05) is 19.1 Å². The van der Waals surface area contributed by atoms with Crippen molar-refractivity contribution in [1.82, 2.24) is 4.90 Å². The molecule has 9 heteroatoms. The number of amides is 1. The third-order valence-corrected chi connectivity index (χ3v) is 3.91. The molecule has 0 N–H and O–H groups in total. The van der Waals surface area contributed by atoms with Gasteiger partial charge in [-0.25, -0.2) is 8.42 Å². The number of halogens is 4. The molecule has 0 aromatic heterocycles. The first kappa shape index (κ1) is 17.8. The molecule has 0 saturated carbocycles. The Hall–Kier alpha value is -1.28. The summed E-state index contributed by atoms with van der Waals surface area (Å²) >= 11 is 0. The first-order valence-corrected chi connectivity index (χ1v) is 8.27. The van der Waals surface area contributed by atoms with Crippen LogP contribution in [0.1, 0.15) is 23.7 Å². The molecule has 21 heavy (non-hydrogen) atoms. The molecule has 0 saturated heterocycles. The lowest BCUT2D eigenvalue weighted by molar-refractivity contribution is -0.140. The Morgan fingerprint density at radius 1 is 1.29 bits per heavy atom. The minimum absolute atomic E-state index is 0.144. The van der Waals surface area contributed by atoms with E-state index in [1.165, 1.54) is 12.1 Å². The fourth-order valence-corrected chi connectivity index (χ4v) is 2.83. The van der Waals surface area contributed by atoms with Crippen LogP contribution in [0.25, 0.3) is 0 Å². The summed E-state index contributed by atoms with van der Waals surface area (Å²) in [5, 5.41) is 0. The van der Waals surface area contributed by atoms with Crippen molar-refractivity contribution < 1.29 is 26.4 Å². The number of rotatable bonds is 5. The second-order valence-electron chi connectivity index (χ2n) is 4.28. The number of hydrogen-bond acceptors (Lipinski definition) is 3. The maximum absolute atomic E-state index is 12.5. The Balaban J connectivity index is 3.22. The monoisotopic (exact) mass is 343 g/mol. The van der Waals surface area contributed by atoms with Gasteiger partial charge in [-0.05, 0) is 18.6 Å². The largest absolute Gasteiger partial charge is 0.406 e. The first-order valence-electron chi connectivity index (χ1n) is 5.96. The van der Waals surface area contributed by atoms with Crippen LogP contribution < -0.4 is 0 Å². The van der Waals surface area contributed by atoms with Crippen LogP contribution in [0, 0.1) is 0 Å². The van der Waals surface area contributed by atoms with Gasteiger partial charge in [-0.15, -0.1) is 0 Å². The van der Waals surface area contributed by atoms with Crippen LogP contribution in [0.4, 0.5) is 13.2 Å². The molecule has 0 unspecified atom stereocenters. The Bertz CT molecular complexity index is 616. The number of hydrogen-bond donors (Lipinski definition) is 0. The van der Waals surface area contributed by atoms with Gasteiger partial charge in [0.1, 0.15) is 6.54 Å². The number of benzene rings is 1. The summed E-state index contributed by atoms with van der Waals surface area (Å²) < 4.78 is 60.3. The van der Waals surface area contributed by atoms with Crippen molar-refractivity contribution in [2.24, 2.45) is 0 Å². The molecule has 118 valence electrons. The summed E-state index contributed by atoms with van der Waals surface area (Å²) in [7, 11) is 0.975. The molecule has 0 heterocycles. The summed E-state index contributed by atoms with van der Waals surface area (Å²) in [4.78, 5) is 12.2. The normalized spacial score (nSPS) is 12.2. The zero-order valence-electron chi connectivity index (χ0n) is 11.0. The van der Waals surface area contributed by atoms with E-state index in [4.69, 9.17) is 10.7 Å². The van der Waals surface area contributed by atoms with Gasteiger partial charge in [0, 0.05) is 17.2 Å². The molecule has 0 atom stereocenters. The van der Waals surface area contributed by atoms with Crippen molar-refractivity contribution in [3.05, 3.63) is 29.8 Å². The van der Waals surface area contributed by atoms with Crippen LogP contribution in [-0.4, -0.2) is 38.5 Å². The maximum Gasteiger partial charge on any atom is 0.406 e. The predicted octanol–water partition coefficient (Wildman–Crippen LogP) is 3.03. The van der Waals surface area contributed by atoms with E-state index in [9.17, 15) is 26.4 Å². The second kappa shape index (κ2) is 6.65. The molecule has 0 fully saturated rings. The molecule has 0 bridgehead atoms. The lowest BCUT2D eigenvalue weighted by Gasteiger charge is -2.24. The summed E-state index contributed by atoms with van der Waals surface area (Å²) in [6.07, 6.45) is -4.27. The van der Waals surface area contributed by atoms with Crippen LogP contribution in [-0.2, 0) is 9.05 Å². The van der Waals surface area contributed by atoms with E-state index in [1.54, 1.807) is 6.92 Å². The number of carbonyl (C=O) groups is 1. The highest BCUT2D eigenvalue weighted by Crippen LogP contribution is 2.23. The van der Waals surface area contributed by atoms with Crippen LogP contribution >= 0.6 is 10.7 Å². The number of carbonyl (C=O) groups excluding carboxylic acids is 1. The molecule has 4 nitrogen and oxygen atoms in total. The van der Waals surface area contributed by atoms with Gasteiger partial charge in [0.05, 0.1) is 10.5 Å². The number of alkyl halides is 3. The minimum Gasteiger partial charge on any atom is -0.330 e. The summed E-state index contributed by atoms with van der Waals surface area (Å²) in [5.74, 6) is -1.02. The topological polar surface area (TPSA) is 54.5 Å². The summed E-state index contributed by atoms with van der Waals surface area (Å²) in [5.41, 5.74) is -0.370. The van der Waals surface area contributed by atoms with Crippen molar-refractivity contribution in [3.8, 4) is 0 Å². The van der Waals surface area contributed by atoms with E-state index in [0.717, 1.165) is 12.1 Å². The lowest BCUT2D eigenvalue weighted by Crippen LogP contribution is -2.39. The highest BCUT2D eigenvalue weighted by molar-refractivity contribution is 8.13. The predicted molar refractivity (Wildman–Crippen MR) is 71.7 cm³/mol. The van der Waals surface area contributed by atoms with Crippen LogP contribution in [0.2, 0.25) is 0 Å². The van der Waals surface area contributed by atoms with Crippen LogP contribution in [0.5, 0.6) is 0 Å². The smallest absolute Gasteiger partial charge is 0.330 e. The van der Waals surface area contributed by atoms with Crippen molar-refractivity contribution in [2.45, 2.75) is 24.4 Å². The fraction of sp³-hybridized carbons (Fsp3) is 0.417. The standard InChI is InChI=1S/C12H13ClF3NO3S/c1-2-7-17(8-12(14,15)16)11(18)9-5-3-4-6-10(9)21(13,19)20/h3-6H,2,7-8H2,1H3. The zero-order chi connectivity index (χ0) is 16.3. The van der Waals surface area contributed by atoms with Gasteiger partial charge in [0.2, 0.25) is 0 Å². The Kier molecular flexibility index (Phi) is 5.63. The number of nitrogens with zero attached hydrogens (tertiary/aromatic N) is 1. The van der Waals surface area contributed by atoms with Crippen molar-refractivity contribution in [1.29, 1.82) is 0 Å². The van der Waals surface area contributed by atoms with E-state index in [0.29, 0.717) is 11.3 Å². The molecule has 0 aliphatic carbocycles. The quantitative estimate of drug-likeness (QED) is 0.772. The van der Waals surface area contributed by atoms with Gasteiger partial charge in [-0.3, -0.25) is 4.79 Å². The Morgan fingerprint density at radius 3 is 2.33 bits per heavy atom. The van der Waals surface area contributed by atoms with E-state index in [1.807, 2.05) is 0 Å². The fourth-order valence-electron chi connectivity index (χ4n) is 1.77. The van der Waals surface area contributed by atoms with Crippen molar-refractivity contribution in [2.75, 3.05) is 13.1 Å². The third kappa shape index (κ3) is 5.20. The second-order valence-corrected chi connectivity index (χ2v) is 6.81. The molecule has 0 aliphatic rings. The summed E-state index contributed by atoms with van der Waals surface area (Å²) in [6, 6.07) is 4.90. The van der Waals surface area contributed by atoms with Gasteiger partial charge in [-0.2, -0.15) is 13.2 Å². The van der Waals surface area contributed by atoms with Gasteiger partial charge in [0.15, 0.2) is 0 Å². The average Bonchev–Trinajstić information content (AvgIpc) is 2.35. The van der Waals surface area contributed by atoms with Crippen LogP contribution in [0.15, 0.2) is 29.2 Å². The van der Waals surface area contributed by atoms with E-state index in [2.05, 4.69) is 0 Å². The molecule has 1 aromatic carbocycles. The highest BCUT2D eigenvalue weighted by atomic mass is 35.7. The molecule has 0 spiro atoms. The van der Waals surface area contributed by atoms with Crippen LogP contribution in [0.3, 0.4) is 0 Å². The molecular formula is C12H13ClF3NO3S. The van der Waals surface area contributed by atoms with E-state index >= 15 is 0 Å². The molecule has 1 aromatic rings. The van der Waals surface area contributed by atoms with Gasteiger partial charge in [0.25, 0.3) is 15.0 Å². The molecule has 1 amide bonds. The zero-order valence-corrected chi connectivity index (χ0v) is 12.6. The SMILES string of the molecule is CCCN(CC(F)(F)F)C(=O)c1ccccc1S(=O)(=O)Cl. The average molecular weight is 344 g/mol. The van der Waals surface area contributed by atoms with Crippen molar-refractivity contribution >= 4 is 25.6 Å². The van der Waals surface area contributed by atoms with Crippen molar-refractivity contribution in [3.63, 3.8) is 0 Å². The lowest BCUT2D eigenvalue weighted by atomic mass is 10.2. The van der Waals surface area contributed by atoms with E-state index in [-0.39, 0.29) is 12.1 Å². The molecule has 0 aliphatic heterocycles. The molecule has 0 radical (unpaired) electrons. The third-order valence-electron chi connectivity index (χ3n) is 2.53. The first-order chi connectivity index (χ1) is 9.56. The minimum atomic E-state index is -4.57. The van der Waals surface area contributed by atoms with Gasteiger partial charge >= 0.3 is 6.18 Å². The Morgan fingerprint density at radius 2 is 1.86 bits per heavy atom. The maximum atomic E-state index is 12.5. The highest BCUT2D eigenvalue weighted by Gasteiger charge is 2.34. The van der Waals surface area contributed by atoms with Gasteiger partial charge < -0.3 is 4.90 Å². The summed E-state index contributed by atoms with van der Waals surface area (Å²) in [6.45, 7) is 0.0200. The Labute approximate surface area is 124 Å².